The van der Waals surface area contributed by atoms with Gasteiger partial charge >= 0.3 is 11.9 Å². The first-order valence-corrected chi connectivity index (χ1v) is 25.7. The van der Waals surface area contributed by atoms with E-state index in [1.807, 2.05) is 0 Å². The first kappa shape index (κ1) is 55.6. The van der Waals surface area contributed by atoms with E-state index < -0.39 is 10.9 Å². The van der Waals surface area contributed by atoms with Crippen LogP contribution in [0.15, 0.2) is 9.59 Å². The summed E-state index contributed by atoms with van der Waals surface area (Å²) in [6.45, 7) is 12.5. The zero-order valence-electron chi connectivity index (χ0n) is 39.9. The second-order valence-electron chi connectivity index (χ2n) is 17.8. The van der Waals surface area contributed by atoms with Gasteiger partial charge in [0.15, 0.2) is 0 Å². The maximum Gasteiger partial charge on any atom is 0.306 e. The highest BCUT2D eigenvalue weighted by Gasteiger charge is 2.19. The predicted octanol–water partition coefficient (Wildman–Crippen LogP) is 13.2. The molecule has 1 aromatic carbocycles. The summed E-state index contributed by atoms with van der Waals surface area (Å²) < 4.78 is 11.9. The smallest absolute Gasteiger partial charge is 0.306 e. The third-order valence-corrected chi connectivity index (χ3v) is 12.3. The van der Waals surface area contributed by atoms with Gasteiger partial charge in [0.1, 0.15) is 23.6 Å². The van der Waals surface area contributed by atoms with Gasteiger partial charge in [-0.05, 0) is 96.7 Å². The van der Waals surface area contributed by atoms with Crippen molar-refractivity contribution in [2.24, 2.45) is 0 Å². The molecule has 2 N–H and O–H groups in total. The van der Waals surface area contributed by atoms with Crippen LogP contribution in [0.3, 0.4) is 0 Å². The number of ether oxygens (including phenoxy) is 2. The molecule has 1 unspecified atom stereocenters. The molecular formula is C51H95N3O6. The lowest BCUT2D eigenvalue weighted by molar-refractivity contribution is -0.150. The zero-order valence-corrected chi connectivity index (χ0v) is 39.9. The number of rotatable bonds is 45. The molecule has 0 fully saturated rings. The molecule has 60 heavy (non-hydrogen) atoms. The number of anilines is 2. The Bertz CT molecular complexity index is 1210. The van der Waals surface area contributed by atoms with Crippen molar-refractivity contribution in [3.8, 4) is 0 Å². The first-order valence-electron chi connectivity index (χ1n) is 25.7. The molecule has 1 rings (SSSR count). The summed E-state index contributed by atoms with van der Waals surface area (Å²) in [7, 11) is 1.67. The number of nitrogens with one attached hydrogen (secondary N) is 2. The van der Waals surface area contributed by atoms with E-state index in [1.54, 1.807) is 7.05 Å². The van der Waals surface area contributed by atoms with E-state index in [4.69, 9.17) is 9.47 Å². The molecule has 1 aromatic rings. The summed E-state index contributed by atoms with van der Waals surface area (Å²) in [5.74, 6) is -0.0499. The number of nitrogens with zero attached hydrogens (tertiary/aromatic N) is 1. The highest BCUT2D eigenvalue weighted by atomic mass is 16.5. The zero-order chi connectivity index (χ0) is 43.9. The van der Waals surface area contributed by atoms with Gasteiger partial charge in [-0.2, -0.15) is 0 Å². The highest BCUT2D eigenvalue weighted by Crippen LogP contribution is 2.19. The molecule has 0 radical (unpaired) electrons. The van der Waals surface area contributed by atoms with Crippen molar-refractivity contribution in [3.63, 3.8) is 0 Å². The molecule has 0 aliphatic rings. The SMILES string of the molecule is CCCCCCCCC(CC)OC(=O)CCCCCCN(CCCCCCCC(=O)OC(CCCCCCCC)CCCCCCCC)CCCNc1c(NC)c(=O)c1=O. The van der Waals surface area contributed by atoms with E-state index in [1.165, 1.54) is 96.3 Å². The summed E-state index contributed by atoms with van der Waals surface area (Å²) in [5, 5.41) is 6.01. The van der Waals surface area contributed by atoms with Gasteiger partial charge in [0.25, 0.3) is 10.9 Å². The standard InChI is InChI=1S/C51H95N3O6/c1-6-10-13-16-20-27-35-44(9-4)59-46(55)38-31-24-26-33-42-54(43-34-40-53-49-48(52-5)50(57)51(49)58)41-32-25-19-23-30-39-47(56)60-45(36-28-21-17-14-11-7-2)37-29-22-18-15-12-8-3/h44-45,52-53H,6-43H2,1-5H3. The van der Waals surface area contributed by atoms with Crippen LogP contribution in [0.4, 0.5) is 11.4 Å². The molecule has 0 saturated heterocycles. The van der Waals surface area contributed by atoms with Gasteiger partial charge < -0.3 is 25.0 Å². The predicted molar refractivity (Wildman–Crippen MR) is 255 cm³/mol. The van der Waals surface area contributed by atoms with E-state index >= 15 is 0 Å². The van der Waals surface area contributed by atoms with Gasteiger partial charge in [-0.1, -0.05) is 156 Å². The Balaban J connectivity index is 2.43. The minimum absolute atomic E-state index is 0.00661. The van der Waals surface area contributed by atoms with Gasteiger partial charge in [0.2, 0.25) is 0 Å². The van der Waals surface area contributed by atoms with E-state index in [9.17, 15) is 19.2 Å². The highest BCUT2D eigenvalue weighted by molar-refractivity contribution is 5.73. The van der Waals surface area contributed by atoms with Crippen LogP contribution < -0.4 is 21.5 Å². The van der Waals surface area contributed by atoms with Crippen molar-refractivity contribution in [2.75, 3.05) is 43.9 Å². The molecule has 0 heterocycles. The summed E-state index contributed by atoms with van der Waals surface area (Å²) in [4.78, 5) is 51.7. The maximum atomic E-state index is 12.9. The minimum atomic E-state index is -0.443. The normalized spacial score (nSPS) is 12.1. The molecular weight excluding hydrogens is 751 g/mol. The quantitative estimate of drug-likeness (QED) is 0.0376. The molecule has 9 heteroatoms. The lowest BCUT2D eigenvalue weighted by Gasteiger charge is -2.23. The van der Waals surface area contributed by atoms with Gasteiger partial charge in [-0.3, -0.25) is 19.2 Å². The van der Waals surface area contributed by atoms with E-state index in [2.05, 4.69) is 43.2 Å². The molecule has 0 aliphatic carbocycles. The van der Waals surface area contributed by atoms with Gasteiger partial charge in [0, 0.05) is 26.4 Å². The van der Waals surface area contributed by atoms with Crippen molar-refractivity contribution in [1.29, 1.82) is 0 Å². The fraction of sp³-hybridized carbons (Fsp3) is 0.882. The summed E-state index contributed by atoms with van der Waals surface area (Å²) in [6, 6.07) is 0. The van der Waals surface area contributed by atoms with E-state index in [0.717, 1.165) is 129 Å². The van der Waals surface area contributed by atoms with Crippen LogP contribution in [0.2, 0.25) is 0 Å². The Morgan fingerprint density at radius 1 is 0.467 bits per heavy atom. The molecule has 0 amide bonds. The van der Waals surface area contributed by atoms with E-state index in [0.29, 0.717) is 30.8 Å². The van der Waals surface area contributed by atoms with Gasteiger partial charge in [-0.15, -0.1) is 0 Å². The van der Waals surface area contributed by atoms with E-state index in [-0.39, 0.29) is 24.1 Å². The number of unbranched alkanes of at least 4 members (excludes halogenated alkanes) is 22. The van der Waals surface area contributed by atoms with Crippen molar-refractivity contribution in [2.45, 2.75) is 258 Å². The number of hydrogen-bond acceptors (Lipinski definition) is 9. The fourth-order valence-corrected chi connectivity index (χ4v) is 8.30. The lowest BCUT2D eigenvalue weighted by Crippen LogP contribution is -2.37. The average molecular weight is 846 g/mol. The largest absolute Gasteiger partial charge is 0.462 e. The number of carbonyl (C=O) groups is 2. The monoisotopic (exact) mass is 846 g/mol. The van der Waals surface area contributed by atoms with Crippen molar-refractivity contribution in [3.05, 3.63) is 20.4 Å². The molecule has 350 valence electrons. The molecule has 0 bridgehead atoms. The average Bonchev–Trinajstić information content (AvgIpc) is 3.25. The number of carbonyl (C=O) groups excluding carboxylic acids is 2. The molecule has 0 saturated carbocycles. The van der Waals surface area contributed by atoms with Crippen LogP contribution in [0.25, 0.3) is 0 Å². The first-order chi connectivity index (χ1) is 29.3. The fourth-order valence-electron chi connectivity index (χ4n) is 8.30. The van der Waals surface area contributed by atoms with Crippen LogP contribution in [-0.4, -0.2) is 62.3 Å². The second-order valence-corrected chi connectivity index (χ2v) is 17.8. The van der Waals surface area contributed by atoms with Crippen LogP contribution in [-0.2, 0) is 19.1 Å². The van der Waals surface area contributed by atoms with Crippen molar-refractivity contribution >= 4 is 23.3 Å². The Morgan fingerprint density at radius 2 is 0.833 bits per heavy atom. The second kappa shape index (κ2) is 39.4. The summed E-state index contributed by atoms with van der Waals surface area (Å²) >= 11 is 0. The van der Waals surface area contributed by atoms with Crippen molar-refractivity contribution in [1.82, 2.24) is 4.90 Å². The topological polar surface area (TPSA) is 114 Å². The summed E-state index contributed by atoms with van der Waals surface area (Å²) in [6.07, 6.45) is 38.1. The number of hydrogen-bond donors (Lipinski definition) is 2. The Morgan fingerprint density at radius 3 is 1.28 bits per heavy atom. The van der Waals surface area contributed by atoms with Crippen LogP contribution >= 0.6 is 0 Å². The maximum absolute atomic E-state index is 12.9. The van der Waals surface area contributed by atoms with Crippen LogP contribution in [0.5, 0.6) is 0 Å². The van der Waals surface area contributed by atoms with Crippen LogP contribution in [0, 0.1) is 0 Å². The van der Waals surface area contributed by atoms with Crippen molar-refractivity contribution < 1.29 is 19.1 Å². The molecule has 1 atom stereocenters. The Labute approximate surface area is 368 Å². The lowest BCUT2D eigenvalue weighted by atomic mass is 10.0. The number of esters is 2. The van der Waals surface area contributed by atoms with Gasteiger partial charge in [-0.25, -0.2) is 0 Å². The van der Waals surface area contributed by atoms with Gasteiger partial charge in [0.05, 0.1) is 0 Å². The third-order valence-electron chi connectivity index (χ3n) is 12.3. The third kappa shape index (κ3) is 29.0. The summed E-state index contributed by atoms with van der Waals surface area (Å²) in [5.41, 5.74) is -0.0766. The molecule has 0 aromatic heterocycles. The Kier molecular flexibility index (Phi) is 36.5. The molecule has 0 spiro atoms. The minimum Gasteiger partial charge on any atom is -0.462 e. The van der Waals surface area contributed by atoms with Crippen LogP contribution in [0.1, 0.15) is 246 Å². The Hall–Kier alpha value is -2.42. The molecule has 9 nitrogen and oxygen atoms in total. The molecule has 0 aliphatic heterocycles.